The molecule has 1 aliphatic rings. The van der Waals surface area contributed by atoms with Crippen LogP contribution in [0.1, 0.15) is 12.0 Å². The zero-order chi connectivity index (χ0) is 20.5. The number of rotatable bonds is 8. The Kier molecular flexibility index (Phi) is 7.76. The Hall–Kier alpha value is -2.73. The van der Waals surface area contributed by atoms with Crippen molar-refractivity contribution in [2.45, 2.75) is 12.8 Å². The van der Waals surface area contributed by atoms with Crippen LogP contribution in [-0.2, 0) is 11.2 Å². The van der Waals surface area contributed by atoms with E-state index in [-0.39, 0.29) is 0 Å². The van der Waals surface area contributed by atoms with Gasteiger partial charge in [0, 0.05) is 39.7 Å². The molecule has 3 rings (SSSR count). The number of guanidine groups is 1. The molecule has 6 nitrogen and oxygen atoms in total. The molecule has 0 bridgehead atoms. The van der Waals surface area contributed by atoms with Crippen LogP contribution in [0.15, 0.2) is 53.5 Å². The zero-order valence-electron chi connectivity index (χ0n) is 17.6. The van der Waals surface area contributed by atoms with E-state index in [2.05, 4.69) is 27.3 Å². The second kappa shape index (κ2) is 10.7. The molecule has 1 fully saturated rings. The summed E-state index contributed by atoms with van der Waals surface area (Å²) in [7, 11) is 5.27. The first kappa shape index (κ1) is 21.0. The Morgan fingerprint density at radius 2 is 1.69 bits per heavy atom. The number of ether oxygens (including phenoxy) is 3. The van der Waals surface area contributed by atoms with Gasteiger partial charge in [0.25, 0.3) is 0 Å². The SMILES string of the molecule is CN=C(NCCc1ccc(Oc2ccc(OC)cc2)cc1)N1CCC(COC)C1. The molecule has 0 aliphatic carbocycles. The summed E-state index contributed by atoms with van der Waals surface area (Å²) in [6.45, 7) is 3.70. The maximum absolute atomic E-state index is 5.88. The van der Waals surface area contributed by atoms with Crippen molar-refractivity contribution in [1.29, 1.82) is 0 Å². The first-order valence-electron chi connectivity index (χ1n) is 10.1. The minimum Gasteiger partial charge on any atom is -0.497 e. The van der Waals surface area contributed by atoms with Gasteiger partial charge in [0.2, 0.25) is 0 Å². The Labute approximate surface area is 173 Å². The number of nitrogens with one attached hydrogen (secondary N) is 1. The summed E-state index contributed by atoms with van der Waals surface area (Å²) < 4.78 is 16.3. The lowest BCUT2D eigenvalue weighted by Crippen LogP contribution is -2.41. The molecule has 1 N–H and O–H groups in total. The quantitative estimate of drug-likeness (QED) is 0.545. The largest absolute Gasteiger partial charge is 0.497 e. The van der Waals surface area contributed by atoms with E-state index in [1.54, 1.807) is 14.2 Å². The monoisotopic (exact) mass is 397 g/mol. The van der Waals surface area contributed by atoms with Crippen molar-refractivity contribution in [3.05, 3.63) is 54.1 Å². The van der Waals surface area contributed by atoms with Crippen LogP contribution in [-0.4, -0.2) is 58.4 Å². The average molecular weight is 398 g/mol. The van der Waals surface area contributed by atoms with Gasteiger partial charge in [-0.1, -0.05) is 12.1 Å². The summed E-state index contributed by atoms with van der Waals surface area (Å²) in [6, 6.07) is 15.8. The molecule has 0 radical (unpaired) electrons. The summed E-state index contributed by atoms with van der Waals surface area (Å²) >= 11 is 0. The summed E-state index contributed by atoms with van der Waals surface area (Å²) in [5.74, 6) is 4.00. The molecule has 156 valence electrons. The van der Waals surface area contributed by atoms with Crippen molar-refractivity contribution in [3.63, 3.8) is 0 Å². The molecule has 0 amide bonds. The molecule has 1 heterocycles. The van der Waals surface area contributed by atoms with E-state index in [1.807, 2.05) is 43.4 Å². The topological polar surface area (TPSA) is 55.3 Å². The van der Waals surface area contributed by atoms with Crippen molar-refractivity contribution < 1.29 is 14.2 Å². The molecular weight excluding hydrogens is 366 g/mol. The summed E-state index contributed by atoms with van der Waals surface area (Å²) in [5.41, 5.74) is 1.26. The predicted molar refractivity (Wildman–Crippen MR) is 116 cm³/mol. The van der Waals surface area contributed by atoms with Crippen molar-refractivity contribution in [1.82, 2.24) is 10.2 Å². The van der Waals surface area contributed by atoms with Crippen LogP contribution in [0.5, 0.6) is 17.2 Å². The highest BCUT2D eigenvalue weighted by Gasteiger charge is 2.24. The Morgan fingerprint density at radius 3 is 2.31 bits per heavy atom. The van der Waals surface area contributed by atoms with E-state index in [0.29, 0.717) is 5.92 Å². The van der Waals surface area contributed by atoms with Crippen LogP contribution in [0.2, 0.25) is 0 Å². The highest BCUT2D eigenvalue weighted by atomic mass is 16.5. The van der Waals surface area contributed by atoms with Gasteiger partial charge in [-0.15, -0.1) is 0 Å². The first-order valence-corrected chi connectivity index (χ1v) is 10.1. The third-order valence-electron chi connectivity index (χ3n) is 5.11. The van der Waals surface area contributed by atoms with Gasteiger partial charge in [-0.05, 0) is 54.8 Å². The van der Waals surface area contributed by atoms with Crippen molar-refractivity contribution in [2.24, 2.45) is 10.9 Å². The molecule has 2 aromatic carbocycles. The second-order valence-corrected chi connectivity index (χ2v) is 7.20. The van der Waals surface area contributed by atoms with Gasteiger partial charge in [0.15, 0.2) is 5.96 Å². The molecular formula is C23H31N3O3. The van der Waals surface area contributed by atoms with Crippen LogP contribution in [0.3, 0.4) is 0 Å². The smallest absolute Gasteiger partial charge is 0.193 e. The number of nitrogens with zero attached hydrogens (tertiary/aromatic N) is 2. The molecule has 29 heavy (non-hydrogen) atoms. The number of likely N-dealkylation sites (tertiary alicyclic amines) is 1. The van der Waals surface area contributed by atoms with E-state index >= 15 is 0 Å². The molecule has 0 spiro atoms. The lowest BCUT2D eigenvalue weighted by Gasteiger charge is -2.21. The third-order valence-corrected chi connectivity index (χ3v) is 5.11. The molecule has 0 saturated carbocycles. The predicted octanol–water partition coefficient (Wildman–Crippen LogP) is 3.57. The van der Waals surface area contributed by atoms with Crippen molar-refractivity contribution >= 4 is 5.96 Å². The fourth-order valence-corrected chi connectivity index (χ4v) is 3.55. The number of benzene rings is 2. The lowest BCUT2D eigenvalue weighted by atomic mass is 10.1. The molecule has 1 saturated heterocycles. The zero-order valence-corrected chi connectivity index (χ0v) is 17.6. The van der Waals surface area contributed by atoms with E-state index < -0.39 is 0 Å². The highest BCUT2D eigenvalue weighted by molar-refractivity contribution is 5.80. The minimum absolute atomic E-state index is 0.594. The second-order valence-electron chi connectivity index (χ2n) is 7.20. The fourth-order valence-electron chi connectivity index (χ4n) is 3.55. The molecule has 1 atom stereocenters. The fraction of sp³-hybridized carbons (Fsp3) is 0.435. The van der Waals surface area contributed by atoms with Crippen LogP contribution >= 0.6 is 0 Å². The number of methoxy groups -OCH3 is 2. The Balaban J connectivity index is 1.44. The van der Waals surface area contributed by atoms with E-state index in [0.717, 1.165) is 62.3 Å². The van der Waals surface area contributed by atoms with Gasteiger partial charge >= 0.3 is 0 Å². The first-order chi connectivity index (χ1) is 14.2. The molecule has 1 aliphatic heterocycles. The maximum atomic E-state index is 5.88. The minimum atomic E-state index is 0.594. The standard InChI is InChI=1S/C23H31N3O3/c1-24-23(26-15-13-19(16-26)17-27-2)25-14-12-18-4-6-21(7-5-18)29-22-10-8-20(28-3)9-11-22/h4-11,19H,12-17H2,1-3H3,(H,24,25). The number of hydrogen-bond acceptors (Lipinski definition) is 4. The van der Waals surface area contributed by atoms with Gasteiger partial charge in [-0.25, -0.2) is 0 Å². The normalized spacial score (nSPS) is 16.7. The highest BCUT2D eigenvalue weighted by Crippen LogP contribution is 2.24. The Bertz CT molecular complexity index is 775. The van der Waals surface area contributed by atoms with Gasteiger partial charge < -0.3 is 24.4 Å². The van der Waals surface area contributed by atoms with Gasteiger partial charge in [0.1, 0.15) is 17.2 Å². The van der Waals surface area contributed by atoms with Crippen LogP contribution in [0.4, 0.5) is 0 Å². The van der Waals surface area contributed by atoms with E-state index in [4.69, 9.17) is 14.2 Å². The number of aliphatic imine (C=N–C) groups is 1. The number of hydrogen-bond donors (Lipinski definition) is 1. The average Bonchev–Trinajstić information content (AvgIpc) is 3.21. The molecule has 0 aromatic heterocycles. The molecule has 2 aromatic rings. The lowest BCUT2D eigenvalue weighted by molar-refractivity contribution is 0.157. The summed E-state index contributed by atoms with van der Waals surface area (Å²) in [6.07, 6.45) is 2.08. The van der Waals surface area contributed by atoms with Crippen molar-refractivity contribution in [2.75, 3.05) is 47.5 Å². The van der Waals surface area contributed by atoms with E-state index in [1.165, 1.54) is 5.56 Å². The van der Waals surface area contributed by atoms with E-state index in [9.17, 15) is 0 Å². The van der Waals surface area contributed by atoms with Crippen LogP contribution in [0.25, 0.3) is 0 Å². The summed E-state index contributed by atoms with van der Waals surface area (Å²) in [5, 5.41) is 3.48. The molecule has 1 unspecified atom stereocenters. The van der Waals surface area contributed by atoms with Gasteiger partial charge in [0.05, 0.1) is 13.7 Å². The van der Waals surface area contributed by atoms with Crippen molar-refractivity contribution in [3.8, 4) is 17.2 Å². The van der Waals surface area contributed by atoms with Gasteiger partial charge in [-0.3, -0.25) is 4.99 Å². The van der Waals surface area contributed by atoms with Crippen LogP contribution < -0.4 is 14.8 Å². The van der Waals surface area contributed by atoms with Gasteiger partial charge in [-0.2, -0.15) is 0 Å². The maximum Gasteiger partial charge on any atom is 0.193 e. The molecule has 6 heteroatoms. The third kappa shape index (κ3) is 6.12. The Morgan fingerprint density at radius 1 is 1.03 bits per heavy atom. The summed E-state index contributed by atoms with van der Waals surface area (Å²) in [4.78, 5) is 6.75. The van der Waals surface area contributed by atoms with Crippen LogP contribution in [0, 0.1) is 5.92 Å².